The number of aromatic hydroxyl groups is 2. The summed E-state index contributed by atoms with van der Waals surface area (Å²) in [5.41, 5.74) is 2.56. The van der Waals surface area contributed by atoms with E-state index in [-0.39, 0.29) is 17.4 Å². The van der Waals surface area contributed by atoms with E-state index in [1.165, 1.54) is 6.08 Å². The lowest BCUT2D eigenvalue weighted by molar-refractivity contribution is -0.131. The molecule has 0 heterocycles. The molecule has 0 unspecified atom stereocenters. The van der Waals surface area contributed by atoms with Crippen molar-refractivity contribution in [2.75, 3.05) is 0 Å². The highest BCUT2D eigenvalue weighted by atomic mass is 16.4. The van der Waals surface area contributed by atoms with Crippen LogP contribution in [0.5, 0.6) is 11.5 Å². The molecule has 2 aromatic rings. The summed E-state index contributed by atoms with van der Waals surface area (Å²) >= 11 is 0. The second-order valence-electron chi connectivity index (χ2n) is 5.34. The number of hydrogen-bond acceptors (Lipinski definition) is 3. The van der Waals surface area contributed by atoms with Crippen molar-refractivity contribution in [3.05, 3.63) is 53.6 Å². The molecule has 0 amide bonds. The van der Waals surface area contributed by atoms with Crippen LogP contribution in [0, 0.1) is 0 Å². The van der Waals surface area contributed by atoms with Crippen LogP contribution in [-0.2, 0) is 4.79 Å². The monoisotopic (exact) mass is 298 g/mol. The van der Waals surface area contributed by atoms with Crippen molar-refractivity contribution >= 4 is 12.0 Å². The maximum atomic E-state index is 10.7. The van der Waals surface area contributed by atoms with Gasteiger partial charge in [0.25, 0.3) is 0 Å². The molecule has 4 heteroatoms. The van der Waals surface area contributed by atoms with E-state index < -0.39 is 5.97 Å². The molecule has 114 valence electrons. The molecule has 0 spiro atoms. The van der Waals surface area contributed by atoms with Gasteiger partial charge in [-0.15, -0.1) is 0 Å². The van der Waals surface area contributed by atoms with Crippen molar-refractivity contribution < 1.29 is 20.1 Å². The van der Waals surface area contributed by atoms with Gasteiger partial charge in [-0.2, -0.15) is 0 Å². The number of carboxylic acid groups (broad SMARTS) is 1. The topological polar surface area (TPSA) is 77.8 Å². The van der Waals surface area contributed by atoms with Crippen molar-refractivity contribution in [1.29, 1.82) is 0 Å². The molecule has 0 aliphatic carbocycles. The number of benzene rings is 2. The third kappa shape index (κ3) is 3.28. The lowest BCUT2D eigenvalue weighted by Crippen LogP contribution is -1.92. The quantitative estimate of drug-likeness (QED) is 0.746. The molecule has 2 aromatic carbocycles. The van der Waals surface area contributed by atoms with Crippen LogP contribution in [0.2, 0.25) is 0 Å². The molecular weight excluding hydrogens is 280 g/mol. The molecule has 0 fully saturated rings. The zero-order chi connectivity index (χ0) is 16.3. The van der Waals surface area contributed by atoms with Gasteiger partial charge in [-0.05, 0) is 40.8 Å². The van der Waals surface area contributed by atoms with Gasteiger partial charge in [-0.1, -0.05) is 38.1 Å². The van der Waals surface area contributed by atoms with E-state index in [1.54, 1.807) is 24.3 Å². The number of rotatable bonds is 4. The van der Waals surface area contributed by atoms with Crippen molar-refractivity contribution in [3.63, 3.8) is 0 Å². The van der Waals surface area contributed by atoms with E-state index in [9.17, 15) is 15.0 Å². The Kier molecular flexibility index (Phi) is 4.51. The van der Waals surface area contributed by atoms with Gasteiger partial charge in [-0.25, -0.2) is 4.79 Å². The molecule has 0 bridgehead atoms. The second kappa shape index (κ2) is 6.35. The minimum atomic E-state index is -1.03. The van der Waals surface area contributed by atoms with Gasteiger partial charge >= 0.3 is 5.97 Å². The Bertz CT molecular complexity index is 707. The maximum absolute atomic E-state index is 10.7. The molecule has 0 aliphatic rings. The Labute approximate surface area is 129 Å². The summed E-state index contributed by atoms with van der Waals surface area (Å²) in [5, 5.41) is 29.0. The van der Waals surface area contributed by atoms with E-state index in [0.717, 1.165) is 11.6 Å². The molecule has 0 aromatic heterocycles. The Morgan fingerprint density at radius 2 is 1.68 bits per heavy atom. The first-order valence-electron chi connectivity index (χ1n) is 6.96. The molecule has 4 nitrogen and oxygen atoms in total. The average Bonchev–Trinajstić information content (AvgIpc) is 2.44. The van der Waals surface area contributed by atoms with Crippen molar-refractivity contribution in [2.24, 2.45) is 0 Å². The first-order chi connectivity index (χ1) is 10.4. The maximum Gasteiger partial charge on any atom is 0.328 e. The summed E-state index contributed by atoms with van der Waals surface area (Å²) in [7, 11) is 0. The van der Waals surface area contributed by atoms with E-state index in [0.29, 0.717) is 16.7 Å². The smallest absolute Gasteiger partial charge is 0.328 e. The molecule has 0 aliphatic heterocycles. The third-order valence-corrected chi connectivity index (χ3v) is 3.39. The van der Waals surface area contributed by atoms with Crippen LogP contribution in [0.15, 0.2) is 42.5 Å². The highest BCUT2D eigenvalue weighted by Gasteiger charge is 2.14. The van der Waals surface area contributed by atoms with E-state index in [4.69, 9.17) is 5.11 Å². The number of carbonyl (C=O) groups is 1. The minimum absolute atomic E-state index is 0.00352. The molecular formula is C18H18O4. The van der Waals surface area contributed by atoms with Gasteiger partial charge in [0.1, 0.15) is 11.5 Å². The van der Waals surface area contributed by atoms with Gasteiger partial charge in [0.2, 0.25) is 0 Å². The molecule has 3 N–H and O–H groups in total. The highest BCUT2D eigenvalue weighted by Crippen LogP contribution is 2.39. The predicted molar refractivity (Wildman–Crippen MR) is 86.0 cm³/mol. The molecule has 0 atom stereocenters. The summed E-state index contributed by atoms with van der Waals surface area (Å²) in [5.74, 6) is -0.976. The van der Waals surface area contributed by atoms with Gasteiger partial charge < -0.3 is 15.3 Å². The van der Waals surface area contributed by atoms with Crippen molar-refractivity contribution in [1.82, 2.24) is 0 Å². The van der Waals surface area contributed by atoms with Crippen LogP contribution in [0.3, 0.4) is 0 Å². The third-order valence-electron chi connectivity index (χ3n) is 3.39. The number of phenols is 2. The Balaban J connectivity index is 2.56. The Morgan fingerprint density at radius 1 is 1.09 bits per heavy atom. The first kappa shape index (κ1) is 15.6. The second-order valence-corrected chi connectivity index (χ2v) is 5.34. The number of aliphatic carboxylic acids is 1. The van der Waals surface area contributed by atoms with Crippen LogP contribution >= 0.6 is 0 Å². The fourth-order valence-electron chi connectivity index (χ4n) is 2.44. The molecule has 22 heavy (non-hydrogen) atoms. The number of phenolic OH excluding ortho intramolecular Hbond substituents is 2. The average molecular weight is 298 g/mol. The summed E-state index contributed by atoms with van der Waals surface area (Å²) in [6.07, 6.45) is 2.54. The molecule has 2 rings (SSSR count). The summed E-state index contributed by atoms with van der Waals surface area (Å²) in [4.78, 5) is 10.7. The van der Waals surface area contributed by atoms with Gasteiger partial charge in [0.05, 0.1) is 0 Å². The predicted octanol–water partition coefficient (Wildman–Crippen LogP) is 3.99. The Hall–Kier alpha value is -2.75. The number of hydrogen-bond donors (Lipinski definition) is 3. The van der Waals surface area contributed by atoms with E-state index >= 15 is 0 Å². The van der Waals surface area contributed by atoms with Crippen molar-refractivity contribution in [2.45, 2.75) is 19.8 Å². The minimum Gasteiger partial charge on any atom is -0.507 e. The van der Waals surface area contributed by atoms with Crippen LogP contribution in [0.25, 0.3) is 17.2 Å². The van der Waals surface area contributed by atoms with E-state index in [1.807, 2.05) is 26.0 Å². The standard InChI is InChI=1S/C18H18O4/c1-11(2)18-15(19)9-13(10-16(18)20)14-6-4-3-5-12(14)7-8-17(21)22/h3-11,19-20H,1-2H3,(H,21,22)/b8-7-. The van der Waals surface area contributed by atoms with Crippen molar-refractivity contribution in [3.8, 4) is 22.6 Å². The lowest BCUT2D eigenvalue weighted by Gasteiger charge is -2.14. The summed E-state index contributed by atoms with van der Waals surface area (Å²) in [6.45, 7) is 3.77. The largest absolute Gasteiger partial charge is 0.507 e. The first-order valence-corrected chi connectivity index (χ1v) is 6.96. The fraction of sp³-hybridized carbons (Fsp3) is 0.167. The van der Waals surface area contributed by atoms with Gasteiger partial charge in [0, 0.05) is 11.6 Å². The molecule has 0 saturated heterocycles. The molecule has 0 saturated carbocycles. The van der Waals surface area contributed by atoms with Gasteiger partial charge in [-0.3, -0.25) is 0 Å². The zero-order valence-electron chi connectivity index (χ0n) is 12.4. The Morgan fingerprint density at radius 3 is 2.23 bits per heavy atom. The molecule has 0 radical (unpaired) electrons. The van der Waals surface area contributed by atoms with Crippen LogP contribution in [-0.4, -0.2) is 21.3 Å². The van der Waals surface area contributed by atoms with Crippen LogP contribution in [0.4, 0.5) is 0 Å². The SMILES string of the molecule is CC(C)c1c(O)cc(-c2ccccc2/C=C\C(=O)O)cc1O. The van der Waals surface area contributed by atoms with Crippen LogP contribution < -0.4 is 0 Å². The summed E-state index contributed by atoms with van der Waals surface area (Å²) in [6, 6.07) is 10.4. The normalized spacial score (nSPS) is 11.2. The fourth-order valence-corrected chi connectivity index (χ4v) is 2.44. The lowest BCUT2D eigenvalue weighted by atomic mass is 9.94. The zero-order valence-corrected chi connectivity index (χ0v) is 12.4. The van der Waals surface area contributed by atoms with E-state index in [2.05, 4.69) is 0 Å². The highest BCUT2D eigenvalue weighted by molar-refractivity contribution is 5.88. The number of carboxylic acids is 1. The van der Waals surface area contributed by atoms with Gasteiger partial charge in [0.15, 0.2) is 0 Å². The van der Waals surface area contributed by atoms with Crippen LogP contribution in [0.1, 0.15) is 30.9 Å². The summed E-state index contributed by atoms with van der Waals surface area (Å²) < 4.78 is 0.